The molecule has 2 aromatic rings. The quantitative estimate of drug-likeness (QED) is 0.541. The number of nitrogens with one attached hydrogen (secondary N) is 1. The molecule has 0 aromatic heterocycles. The molecule has 0 aliphatic heterocycles. The van der Waals surface area contributed by atoms with Gasteiger partial charge in [-0.1, -0.05) is 35.3 Å². The highest BCUT2D eigenvalue weighted by Gasteiger charge is 2.21. The van der Waals surface area contributed by atoms with E-state index >= 15 is 0 Å². The fraction of sp³-hybridized carbons (Fsp3) is 0.176. The number of carbonyl (C=O) groups excluding carboxylic acids is 1. The average Bonchev–Trinajstić information content (AvgIpc) is 2.62. The van der Waals surface area contributed by atoms with Gasteiger partial charge in [0.1, 0.15) is 12.3 Å². The van der Waals surface area contributed by atoms with Crippen LogP contribution in [0.5, 0.6) is 5.75 Å². The molecule has 2 rings (SSSR count). The monoisotopic (exact) mass is 429 g/mol. The molecular formula is C17H17Cl2N3O4S. The summed E-state index contributed by atoms with van der Waals surface area (Å²) >= 11 is 11.7. The molecule has 2 aromatic carbocycles. The maximum atomic E-state index is 12.1. The van der Waals surface area contributed by atoms with Crippen molar-refractivity contribution in [1.29, 1.82) is 0 Å². The second-order valence-electron chi connectivity index (χ2n) is 5.44. The Hall–Kier alpha value is -2.29. The van der Waals surface area contributed by atoms with Crippen molar-refractivity contribution in [2.45, 2.75) is 0 Å². The Bertz CT molecular complexity index is 964. The maximum Gasteiger partial charge on any atom is 0.260 e. The standard InChI is InChI=1S/C17H17Cl2N3O4S/c1-26-14-5-3-4-13(9-14)22(27(2,24)25)11-17(23)21-20-10-12-6-7-15(18)16(19)8-12/h3-10H,11H2,1-2H3,(H,21,23)/b20-10-. The van der Waals surface area contributed by atoms with E-state index in [2.05, 4.69) is 10.5 Å². The number of amides is 1. The van der Waals surface area contributed by atoms with Crippen LogP contribution in [0.4, 0.5) is 5.69 Å². The summed E-state index contributed by atoms with van der Waals surface area (Å²) in [5.74, 6) is -0.140. The summed E-state index contributed by atoms with van der Waals surface area (Å²) in [6, 6.07) is 11.2. The summed E-state index contributed by atoms with van der Waals surface area (Å²) in [5, 5.41) is 4.56. The predicted octanol–water partition coefficient (Wildman–Crippen LogP) is 2.92. The molecule has 0 saturated carbocycles. The minimum Gasteiger partial charge on any atom is -0.497 e. The van der Waals surface area contributed by atoms with Gasteiger partial charge in [-0.15, -0.1) is 0 Å². The van der Waals surface area contributed by atoms with Gasteiger partial charge < -0.3 is 4.74 Å². The maximum absolute atomic E-state index is 12.1. The molecule has 27 heavy (non-hydrogen) atoms. The first-order valence-corrected chi connectivity index (χ1v) is 10.2. The summed E-state index contributed by atoms with van der Waals surface area (Å²) in [5.41, 5.74) is 3.21. The first-order chi connectivity index (χ1) is 12.7. The van der Waals surface area contributed by atoms with Crippen molar-refractivity contribution in [1.82, 2.24) is 5.43 Å². The third-order valence-electron chi connectivity index (χ3n) is 3.38. The van der Waals surface area contributed by atoms with Gasteiger partial charge in [-0.3, -0.25) is 9.10 Å². The van der Waals surface area contributed by atoms with Crippen LogP contribution in [0.1, 0.15) is 5.56 Å². The van der Waals surface area contributed by atoms with Crippen LogP contribution in [-0.2, 0) is 14.8 Å². The van der Waals surface area contributed by atoms with Crippen molar-refractivity contribution in [2.24, 2.45) is 5.10 Å². The topological polar surface area (TPSA) is 88.1 Å². The number of carbonyl (C=O) groups is 1. The Balaban J connectivity index is 2.09. The Labute approximate surface area is 167 Å². The lowest BCUT2D eigenvalue weighted by Gasteiger charge is -2.21. The van der Waals surface area contributed by atoms with Crippen LogP contribution >= 0.6 is 23.2 Å². The molecule has 0 atom stereocenters. The molecule has 0 spiro atoms. The fourth-order valence-corrected chi connectivity index (χ4v) is 3.26. The summed E-state index contributed by atoms with van der Waals surface area (Å²) in [4.78, 5) is 12.1. The predicted molar refractivity (Wildman–Crippen MR) is 107 cm³/mol. The van der Waals surface area contributed by atoms with Crippen molar-refractivity contribution < 1.29 is 17.9 Å². The largest absolute Gasteiger partial charge is 0.497 e. The molecule has 0 aliphatic carbocycles. The van der Waals surface area contributed by atoms with Gasteiger partial charge in [0.05, 0.1) is 35.3 Å². The van der Waals surface area contributed by atoms with E-state index in [-0.39, 0.29) is 0 Å². The van der Waals surface area contributed by atoms with Crippen molar-refractivity contribution in [2.75, 3.05) is 24.2 Å². The molecule has 0 heterocycles. The smallest absolute Gasteiger partial charge is 0.260 e. The van der Waals surface area contributed by atoms with Crippen molar-refractivity contribution in [3.05, 3.63) is 58.1 Å². The number of nitrogens with zero attached hydrogens (tertiary/aromatic N) is 2. The van der Waals surface area contributed by atoms with Gasteiger partial charge in [0.15, 0.2) is 0 Å². The number of hydrazone groups is 1. The summed E-state index contributed by atoms with van der Waals surface area (Å²) in [7, 11) is -2.23. The molecule has 1 amide bonds. The van der Waals surface area contributed by atoms with E-state index in [1.54, 1.807) is 36.4 Å². The minimum absolute atomic E-state index is 0.306. The number of rotatable bonds is 7. The van der Waals surface area contributed by atoms with Crippen LogP contribution in [-0.4, -0.2) is 40.4 Å². The normalized spacial score (nSPS) is 11.4. The number of ether oxygens (including phenoxy) is 1. The van der Waals surface area contributed by atoms with Crippen LogP contribution in [0.15, 0.2) is 47.6 Å². The van der Waals surface area contributed by atoms with E-state index in [4.69, 9.17) is 27.9 Å². The zero-order valence-corrected chi connectivity index (χ0v) is 16.8. The fourth-order valence-electron chi connectivity index (χ4n) is 2.10. The molecule has 0 unspecified atom stereocenters. The zero-order chi connectivity index (χ0) is 20.0. The number of benzene rings is 2. The highest BCUT2D eigenvalue weighted by molar-refractivity contribution is 7.92. The van der Waals surface area contributed by atoms with E-state index in [1.165, 1.54) is 19.4 Å². The lowest BCUT2D eigenvalue weighted by Crippen LogP contribution is -2.39. The van der Waals surface area contributed by atoms with Crippen LogP contribution in [0.3, 0.4) is 0 Å². The Kier molecular flexibility index (Phi) is 7.06. The number of anilines is 1. The summed E-state index contributed by atoms with van der Waals surface area (Å²) < 4.78 is 30.2. The van der Waals surface area contributed by atoms with Gasteiger partial charge in [0.25, 0.3) is 5.91 Å². The Morgan fingerprint density at radius 1 is 1.22 bits per heavy atom. The molecule has 0 fully saturated rings. The minimum atomic E-state index is -3.69. The first-order valence-electron chi connectivity index (χ1n) is 7.59. The number of methoxy groups -OCH3 is 1. The summed E-state index contributed by atoms with van der Waals surface area (Å²) in [6.07, 6.45) is 2.38. The second-order valence-corrected chi connectivity index (χ2v) is 8.16. The molecule has 0 aliphatic rings. The molecule has 0 radical (unpaired) electrons. The van der Waals surface area contributed by atoms with Crippen LogP contribution < -0.4 is 14.5 Å². The van der Waals surface area contributed by atoms with Gasteiger partial charge >= 0.3 is 0 Å². The SMILES string of the molecule is COc1cccc(N(CC(=O)N/N=C\c2ccc(Cl)c(Cl)c2)S(C)(=O)=O)c1. The zero-order valence-electron chi connectivity index (χ0n) is 14.5. The highest BCUT2D eigenvalue weighted by atomic mass is 35.5. The second kappa shape index (κ2) is 9.07. The van der Waals surface area contributed by atoms with E-state index in [1.807, 2.05) is 0 Å². The molecule has 0 bridgehead atoms. The number of hydrogen-bond acceptors (Lipinski definition) is 5. The lowest BCUT2D eigenvalue weighted by molar-refractivity contribution is -0.119. The van der Waals surface area contributed by atoms with Gasteiger partial charge in [-0.05, 0) is 29.8 Å². The number of sulfonamides is 1. The van der Waals surface area contributed by atoms with Crippen LogP contribution in [0, 0.1) is 0 Å². The highest BCUT2D eigenvalue weighted by Crippen LogP contribution is 2.23. The third-order valence-corrected chi connectivity index (χ3v) is 5.25. The van der Waals surface area contributed by atoms with E-state index in [0.717, 1.165) is 10.6 Å². The third kappa shape index (κ3) is 6.13. The molecule has 1 N–H and O–H groups in total. The lowest BCUT2D eigenvalue weighted by atomic mass is 10.2. The molecule has 144 valence electrons. The molecule has 10 heteroatoms. The van der Waals surface area contributed by atoms with Gasteiger partial charge in [0, 0.05) is 6.07 Å². The number of hydrogen-bond donors (Lipinski definition) is 1. The molecular weight excluding hydrogens is 413 g/mol. The van der Waals surface area contributed by atoms with E-state index < -0.39 is 22.5 Å². The van der Waals surface area contributed by atoms with Crippen molar-refractivity contribution in [3.63, 3.8) is 0 Å². The van der Waals surface area contributed by atoms with Gasteiger partial charge in [-0.2, -0.15) is 5.10 Å². The Morgan fingerprint density at radius 2 is 1.96 bits per heavy atom. The van der Waals surface area contributed by atoms with Crippen molar-refractivity contribution >= 4 is 51.0 Å². The van der Waals surface area contributed by atoms with E-state index in [0.29, 0.717) is 27.0 Å². The van der Waals surface area contributed by atoms with Crippen LogP contribution in [0.2, 0.25) is 10.0 Å². The molecule has 0 saturated heterocycles. The van der Waals surface area contributed by atoms with Gasteiger partial charge in [0.2, 0.25) is 10.0 Å². The average molecular weight is 430 g/mol. The Morgan fingerprint density at radius 3 is 2.59 bits per heavy atom. The molecule has 7 nitrogen and oxygen atoms in total. The van der Waals surface area contributed by atoms with Crippen LogP contribution in [0.25, 0.3) is 0 Å². The first kappa shape index (κ1) is 21.0. The van der Waals surface area contributed by atoms with Crippen molar-refractivity contribution in [3.8, 4) is 5.75 Å². The number of halogens is 2. The summed E-state index contributed by atoms with van der Waals surface area (Å²) in [6.45, 7) is -0.440. The van der Waals surface area contributed by atoms with E-state index in [9.17, 15) is 13.2 Å². The van der Waals surface area contributed by atoms with Gasteiger partial charge in [-0.25, -0.2) is 13.8 Å².